The summed E-state index contributed by atoms with van der Waals surface area (Å²) in [7, 11) is 1.51. The number of halogens is 3. The molecule has 7 nitrogen and oxygen atoms in total. The van der Waals surface area contributed by atoms with Crippen LogP contribution in [0.15, 0.2) is 53.3 Å². The topological polar surface area (TPSA) is 88.1 Å². The van der Waals surface area contributed by atoms with Crippen LogP contribution in [0.5, 0.6) is 5.75 Å². The van der Waals surface area contributed by atoms with E-state index in [1.807, 2.05) is 0 Å². The Morgan fingerprint density at radius 2 is 1.78 bits per heavy atom. The molecule has 0 amide bonds. The van der Waals surface area contributed by atoms with E-state index in [0.717, 1.165) is 4.52 Å². The van der Waals surface area contributed by atoms with E-state index < -0.39 is 17.4 Å². The van der Waals surface area contributed by atoms with Gasteiger partial charge in [-0.3, -0.25) is 15.0 Å². The minimum absolute atomic E-state index is 0.0941. The zero-order valence-corrected chi connectivity index (χ0v) is 16.9. The highest BCUT2D eigenvalue weighted by Crippen LogP contribution is 2.39. The number of para-hydroxylation sites is 1. The zero-order chi connectivity index (χ0) is 22.6. The summed E-state index contributed by atoms with van der Waals surface area (Å²) in [5.74, 6) is 0.527. The summed E-state index contributed by atoms with van der Waals surface area (Å²) in [6, 6.07) is 13.3. The molecule has 0 aliphatic heterocycles. The lowest BCUT2D eigenvalue weighted by molar-refractivity contribution is -0.140. The number of benzene rings is 2. The highest BCUT2D eigenvalue weighted by atomic mass is 19.4. The standard InChI is InChI=1S/C22H16F3N5O2/c1-11-15(18-13-9-6-10-14(32-2)17(13)27-28-18)21(31)30-20(26-11)16(12-7-4-3-5-8-12)19(29-30)22(23,24)25/h3-10,29H,1-2H3,(H,27,28). The van der Waals surface area contributed by atoms with Gasteiger partial charge in [0, 0.05) is 5.39 Å². The van der Waals surface area contributed by atoms with Crippen LogP contribution in [-0.4, -0.2) is 31.9 Å². The maximum Gasteiger partial charge on any atom is 0.433 e. The summed E-state index contributed by atoms with van der Waals surface area (Å²) in [5, 5.41) is 9.90. The predicted octanol–water partition coefficient (Wildman–Crippen LogP) is 4.57. The second-order valence-electron chi connectivity index (χ2n) is 7.22. The molecule has 0 unspecified atom stereocenters. The van der Waals surface area contributed by atoms with Crippen LogP contribution < -0.4 is 10.3 Å². The summed E-state index contributed by atoms with van der Waals surface area (Å²) in [5.41, 5.74) is -0.505. The molecule has 0 saturated heterocycles. The molecular formula is C22H16F3N5O2. The molecule has 0 fully saturated rings. The number of nitrogens with zero attached hydrogens (tertiary/aromatic N) is 3. The number of H-pyrrole nitrogens is 2. The fourth-order valence-electron chi connectivity index (χ4n) is 3.91. The Bertz CT molecular complexity index is 1530. The normalized spacial score (nSPS) is 12.0. The van der Waals surface area contributed by atoms with E-state index in [1.54, 1.807) is 55.5 Å². The molecule has 0 aliphatic carbocycles. The lowest BCUT2D eigenvalue weighted by Crippen LogP contribution is -2.20. The second kappa shape index (κ2) is 6.98. The predicted molar refractivity (Wildman–Crippen MR) is 113 cm³/mol. The molecule has 2 aromatic carbocycles. The monoisotopic (exact) mass is 439 g/mol. The van der Waals surface area contributed by atoms with Crippen LogP contribution in [0.4, 0.5) is 13.2 Å². The minimum atomic E-state index is -4.72. The van der Waals surface area contributed by atoms with Crippen LogP contribution in [0.25, 0.3) is 38.9 Å². The van der Waals surface area contributed by atoms with Crippen LogP contribution in [0.1, 0.15) is 11.4 Å². The van der Waals surface area contributed by atoms with Gasteiger partial charge in [0.05, 0.1) is 23.9 Å². The van der Waals surface area contributed by atoms with Crippen LogP contribution in [0, 0.1) is 6.92 Å². The van der Waals surface area contributed by atoms with Crippen LogP contribution >= 0.6 is 0 Å². The molecule has 0 saturated carbocycles. The fraction of sp³-hybridized carbons (Fsp3) is 0.136. The van der Waals surface area contributed by atoms with E-state index in [2.05, 4.69) is 20.3 Å². The number of rotatable bonds is 3. The highest BCUT2D eigenvalue weighted by Gasteiger charge is 2.38. The van der Waals surface area contributed by atoms with Gasteiger partial charge in [0.25, 0.3) is 5.56 Å². The quantitative estimate of drug-likeness (QED) is 0.431. The maximum atomic E-state index is 13.9. The average molecular weight is 439 g/mol. The van der Waals surface area contributed by atoms with Crippen molar-refractivity contribution in [2.75, 3.05) is 7.11 Å². The Hall–Kier alpha value is -4.08. The number of fused-ring (bicyclic) bond motifs is 2. The SMILES string of the molecule is COc1cccc2c(-c3c(C)nc4c(-c5ccccc5)c(C(F)(F)F)[nH]n4c3=O)n[nH]c12. The molecule has 0 radical (unpaired) electrons. The third kappa shape index (κ3) is 2.87. The molecule has 162 valence electrons. The molecule has 5 rings (SSSR count). The number of nitrogens with one attached hydrogen (secondary N) is 2. The van der Waals surface area contributed by atoms with Crippen molar-refractivity contribution < 1.29 is 17.9 Å². The number of aromatic nitrogens is 5. The van der Waals surface area contributed by atoms with Gasteiger partial charge in [-0.25, -0.2) is 4.98 Å². The Balaban J connectivity index is 1.85. The molecule has 0 spiro atoms. The van der Waals surface area contributed by atoms with Crippen molar-refractivity contribution in [3.05, 3.63) is 70.3 Å². The van der Waals surface area contributed by atoms with Gasteiger partial charge >= 0.3 is 6.18 Å². The van der Waals surface area contributed by atoms with Gasteiger partial charge in [-0.05, 0) is 18.6 Å². The molecule has 0 atom stereocenters. The van der Waals surface area contributed by atoms with E-state index in [0.29, 0.717) is 22.2 Å². The summed E-state index contributed by atoms with van der Waals surface area (Å²) in [4.78, 5) is 17.8. The average Bonchev–Trinajstić information content (AvgIpc) is 3.36. The molecule has 3 aromatic heterocycles. The van der Waals surface area contributed by atoms with Crippen molar-refractivity contribution in [3.63, 3.8) is 0 Å². The molecule has 10 heteroatoms. The van der Waals surface area contributed by atoms with E-state index in [9.17, 15) is 18.0 Å². The van der Waals surface area contributed by atoms with Crippen LogP contribution in [-0.2, 0) is 6.18 Å². The Labute approximate surface area is 178 Å². The molecule has 32 heavy (non-hydrogen) atoms. The number of alkyl halides is 3. The molecular weight excluding hydrogens is 423 g/mol. The lowest BCUT2D eigenvalue weighted by atomic mass is 10.0. The number of aromatic amines is 2. The van der Waals surface area contributed by atoms with Gasteiger partial charge in [-0.2, -0.15) is 22.8 Å². The van der Waals surface area contributed by atoms with E-state index in [4.69, 9.17) is 4.74 Å². The summed E-state index contributed by atoms with van der Waals surface area (Å²) in [6.07, 6.45) is -4.72. The smallest absolute Gasteiger partial charge is 0.433 e. The van der Waals surface area contributed by atoms with Crippen molar-refractivity contribution in [1.29, 1.82) is 0 Å². The Morgan fingerprint density at radius 3 is 2.47 bits per heavy atom. The summed E-state index contributed by atoms with van der Waals surface area (Å²) < 4.78 is 47.7. The van der Waals surface area contributed by atoms with Crippen molar-refractivity contribution in [2.24, 2.45) is 0 Å². The summed E-state index contributed by atoms with van der Waals surface area (Å²) >= 11 is 0. The fourth-order valence-corrected chi connectivity index (χ4v) is 3.91. The van der Waals surface area contributed by atoms with Crippen molar-refractivity contribution >= 4 is 16.6 Å². The van der Waals surface area contributed by atoms with Gasteiger partial charge in [0.1, 0.15) is 22.7 Å². The van der Waals surface area contributed by atoms with E-state index in [1.165, 1.54) is 7.11 Å². The van der Waals surface area contributed by atoms with Crippen LogP contribution in [0.3, 0.4) is 0 Å². The summed E-state index contributed by atoms with van der Waals surface area (Å²) in [6.45, 7) is 1.58. The third-order valence-corrected chi connectivity index (χ3v) is 5.32. The number of methoxy groups -OCH3 is 1. The number of ether oxygens (including phenoxy) is 1. The lowest BCUT2D eigenvalue weighted by Gasteiger charge is -2.07. The first-order valence-electron chi connectivity index (χ1n) is 9.60. The number of hydrogen-bond donors (Lipinski definition) is 2. The molecule has 3 heterocycles. The third-order valence-electron chi connectivity index (χ3n) is 5.32. The first-order chi connectivity index (χ1) is 15.3. The van der Waals surface area contributed by atoms with E-state index in [-0.39, 0.29) is 28.2 Å². The zero-order valence-electron chi connectivity index (χ0n) is 16.9. The Morgan fingerprint density at radius 1 is 1.03 bits per heavy atom. The van der Waals surface area contributed by atoms with Gasteiger partial charge in [-0.1, -0.05) is 42.5 Å². The van der Waals surface area contributed by atoms with Gasteiger partial charge < -0.3 is 4.74 Å². The minimum Gasteiger partial charge on any atom is -0.494 e. The van der Waals surface area contributed by atoms with E-state index >= 15 is 0 Å². The van der Waals surface area contributed by atoms with Crippen molar-refractivity contribution in [3.8, 4) is 28.1 Å². The first kappa shape index (κ1) is 19.9. The highest BCUT2D eigenvalue weighted by molar-refractivity contribution is 5.96. The van der Waals surface area contributed by atoms with Gasteiger partial charge in [0.15, 0.2) is 5.65 Å². The molecule has 2 N–H and O–H groups in total. The van der Waals surface area contributed by atoms with Gasteiger partial charge in [0.2, 0.25) is 0 Å². The Kier molecular flexibility index (Phi) is 4.33. The van der Waals surface area contributed by atoms with Gasteiger partial charge in [-0.15, -0.1) is 0 Å². The largest absolute Gasteiger partial charge is 0.494 e. The maximum absolute atomic E-state index is 13.9. The van der Waals surface area contributed by atoms with Crippen molar-refractivity contribution in [1.82, 2.24) is 24.8 Å². The van der Waals surface area contributed by atoms with Crippen molar-refractivity contribution in [2.45, 2.75) is 13.1 Å². The molecule has 5 aromatic rings. The molecule has 0 aliphatic rings. The molecule has 0 bridgehead atoms. The first-order valence-corrected chi connectivity index (χ1v) is 9.60. The second-order valence-corrected chi connectivity index (χ2v) is 7.22. The number of aryl methyl sites for hydroxylation is 1. The van der Waals surface area contributed by atoms with Crippen LogP contribution in [0.2, 0.25) is 0 Å². The number of hydrogen-bond acceptors (Lipinski definition) is 4.